The fourth-order valence-corrected chi connectivity index (χ4v) is 4.39. The first-order valence-corrected chi connectivity index (χ1v) is 15.6. The van der Waals surface area contributed by atoms with E-state index < -0.39 is 0 Å². The van der Waals surface area contributed by atoms with Gasteiger partial charge in [0.25, 0.3) is 0 Å². The molecule has 1 atom stereocenters. The first kappa shape index (κ1) is 37.8. The lowest BCUT2D eigenvalue weighted by molar-refractivity contribution is -0.129. The summed E-state index contributed by atoms with van der Waals surface area (Å²) in [4.78, 5) is 12.6. The highest BCUT2D eigenvalue weighted by molar-refractivity contribution is 7.97. The number of fused-ring (bicyclic) bond motifs is 1. The Morgan fingerprint density at radius 3 is 1.85 bits per heavy atom. The molecular weight excluding hydrogens is 534 g/mol. The maximum atomic E-state index is 10.7. The standard InChI is InChI=1S/C12H13N3S.C8H10O2.C6H12N2O.3C2H6/c1-9-8-16-15-12(13-9)7-11(14-15)10-5-3-2-4-6-10;1-9-7-5-3-4-6-8(7)10-2;1-6(9)8-4-2-7-3-5-8;3*1-2/h2-7,9,13H,8H2,1H3;3-6H,1-2H3;7H,2-5H2,1H3;3*1-2H3. The molecule has 41 heavy (non-hydrogen) atoms. The Bertz CT molecular complexity index is 1030. The van der Waals surface area contributed by atoms with E-state index in [1.807, 2.05) is 93.0 Å². The monoisotopic (exact) mass is 587 g/mol. The molecule has 1 unspecified atom stereocenters. The fourth-order valence-electron chi connectivity index (χ4n) is 3.55. The summed E-state index contributed by atoms with van der Waals surface area (Å²) in [5.41, 5.74) is 2.20. The molecule has 9 heteroatoms. The molecule has 3 aromatic rings. The van der Waals surface area contributed by atoms with Crippen LogP contribution >= 0.6 is 11.9 Å². The van der Waals surface area contributed by atoms with Crippen LogP contribution in [0, 0.1) is 0 Å². The van der Waals surface area contributed by atoms with Crippen LogP contribution in [-0.4, -0.2) is 72.2 Å². The van der Waals surface area contributed by atoms with Crippen molar-refractivity contribution in [3.05, 3.63) is 60.7 Å². The normalized spacial score (nSPS) is 14.4. The van der Waals surface area contributed by atoms with E-state index in [1.54, 1.807) is 33.1 Å². The molecule has 0 bridgehead atoms. The van der Waals surface area contributed by atoms with Gasteiger partial charge in [-0.3, -0.25) is 4.79 Å². The SMILES string of the molecule is CC.CC.CC.CC(=O)N1CCNCC1.CC1CSn2nc(-c3ccccc3)cc2N1.COc1ccccc1OC. The summed E-state index contributed by atoms with van der Waals surface area (Å²) in [5, 5.41) is 11.2. The van der Waals surface area contributed by atoms with Gasteiger partial charge in [0, 0.05) is 56.5 Å². The summed E-state index contributed by atoms with van der Waals surface area (Å²) in [6.45, 7) is 19.4. The summed E-state index contributed by atoms with van der Waals surface area (Å²) < 4.78 is 12.0. The Balaban J connectivity index is 0.000000560. The quantitative estimate of drug-likeness (QED) is 0.339. The van der Waals surface area contributed by atoms with Crippen LogP contribution in [0.2, 0.25) is 0 Å². The summed E-state index contributed by atoms with van der Waals surface area (Å²) in [6, 6.07) is 20.4. The number of hydrogen-bond donors (Lipinski definition) is 2. The number of rotatable bonds is 3. The van der Waals surface area contributed by atoms with Crippen molar-refractivity contribution in [2.45, 2.75) is 61.4 Å². The third kappa shape index (κ3) is 13.8. The number of carbonyl (C=O) groups is 1. The first-order chi connectivity index (χ1) is 20.0. The van der Waals surface area contributed by atoms with Crippen LogP contribution in [0.4, 0.5) is 5.82 Å². The summed E-state index contributed by atoms with van der Waals surface area (Å²) >= 11 is 1.76. The Morgan fingerprint density at radius 1 is 0.878 bits per heavy atom. The van der Waals surface area contributed by atoms with E-state index in [-0.39, 0.29) is 5.91 Å². The van der Waals surface area contributed by atoms with Gasteiger partial charge < -0.3 is 25.0 Å². The first-order valence-electron chi connectivity index (χ1n) is 14.7. The van der Waals surface area contributed by atoms with Crippen molar-refractivity contribution >= 4 is 23.7 Å². The molecule has 0 saturated carbocycles. The van der Waals surface area contributed by atoms with Crippen molar-refractivity contribution in [3.8, 4) is 22.8 Å². The number of methoxy groups -OCH3 is 2. The Hall–Kier alpha value is -3.17. The lowest BCUT2D eigenvalue weighted by atomic mass is 10.1. The van der Waals surface area contributed by atoms with Gasteiger partial charge in [-0.25, -0.2) is 0 Å². The van der Waals surface area contributed by atoms with Gasteiger partial charge in [0.05, 0.1) is 19.9 Å². The van der Waals surface area contributed by atoms with Crippen LogP contribution in [-0.2, 0) is 4.79 Å². The highest BCUT2D eigenvalue weighted by Gasteiger charge is 2.17. The minimum Gasteiger partial charge on any atom is -0.493 e. The van der Waals surface area contributed by atoms with E-state index >= 15 is 0 Å². The second-order valence-electron chi connectivity index (χ2n) is 8.11. The molecular formula is C32H53N5O3S. The van der Waals surface area contributed by atoms with Gasteiger partial charge in [0.2, 0.25) is 5.91 Å². The largest absolute Gasteiger partial charge is 0.493 e. The van der Waals surface area contributed by atoms with Crippen LogP contribution in [0.1, 0.15) is 55.4 Å². The second kappa shape index (κ2) is 23.5. The van der Waals surface area contributed by atoms with Crippen molar-refractivity contribution in [2.24, 2.45) is 0 Å². The average molecular weight is 588 g/mol. The molecule has 2 aliphatic rings. The zero-order valence-electron chi connectivity index (χ0n) is 26.9. The van der Waals surface area contributed by atoms with Crippen LogP contribution in [0.25, 0.3) is 11.3 Å². The molecule has 2 aliphatic heterocycles. The zero-order chi connectivity index (χ0) is 31.0. The molecule has 1 amide bonds. The van der Waals surface area contributed by atoms with Crippen LogP contribution in [0.5, 0.6) is 11.5 Å². The highest BCUT2D eigenvalue weighted by Crippen LogP contribution is 2.29. The van der Waals surface area contributed by atoms with Crippen LogP contribution < -0.4 is 20.1 Å². The van der Waals surface area contributed by atoms with Gasteiger partial charge in [0.15, 0.2) is 11.5 Å². The zero-order valence-corrected chi connectivity index (χ0v) is 27.7. The number of nitrogens with zero attached hydrogens (tertiary/aromatic N) is 3. The number of ether oxygens (including phenoxy) is 2. The van der Waals surface area contributed by atoms with E-state index in [1.165, 1.54) is 5.56 Å². The van der Waals surface area contributed by atoms with Crippen molar-refractivity contribution in [2.75, 3.05) is 51.5 Å². The minimum atomic E-state index is 0.191. The molecule has 8 nitrogen and oxygen atoms in total. The summed E-state index contributed by atoms with van der Waals surface area (Å²) in [7, 11) is 3.25. The molecule has 2 aromatic carbocycles. The fraction of sp³-hybridized carbons (Fsp3) is 0.500. The van der Waals surface area contributed by atoms with Crippen LogP contribution in [0.15, 0.2) is 60.7 Å². The Morgan fingerprint density at radius 2 is 1.39 bits per heavy atom. The van der Waals surface area contributed by atoms with Gasteiger partial charge in [-0.15, -0.1) is 0 Å². The lowest BCUT2D eigenvalue weighted by Gasteiger charge is -2.25. The molecule has 0 radical (unpaired) electrons. The molecule has 3 heterocycles. The third-order valence-corrected chi connectivity index (χ3v) is 6.61. The van der Waals surface area contributed by atoms with Crippen molar-refractivity contribution < 1.29 is 14.3 Å². The number of amides is 1. The number of nitrogens with one attached hydrogen (secondary N) is 2. The molecule has 1 aromatic heterocycles. The van der Waals surface area contributed by atoms with Gasteiger partial charge in [-0.05, 0) is 31.0 Å². The van der Waals surface area contributed by atoms with E-state index in [0.717, 1.165) is 54.9 Å². The van der Waals surface area contributed by atoms with Gasteiger partial charge in [-0.2, -0.15) is 9.19 Å². The highest BCUT2D eigenvalue weighted by atomic mass is 32.2. The predicted octanol–water partition coefficient (Wildman–Crippen LogP) is 7.08. The number of piperazine rings is 1. The topological polar surface area (TPSA) is 80.7 Å². The molecule has 5 rings (SSSR count). The van der Waals surface area contributed by atoms with Crippen molar-refractivity contribution in [3.63, 3.8) is 0 Å². The predicted molar refractivity (Wildman–Crippen MR) is 177 cm³/mol. The van der Waals surface area contributed by atoms with E-state index in [2.05, 4.69) is 40.9 Å². The van der Waals surface area contributed by atoms with Crippen molar-refractivity contribution in [1.82, 2.24) is 19.4 Å². The van der Waals surface area contributed by atoms with Gasteiger partial charge >= 0.3 is 0 Å². The van der Waals surface area contributed by atoms with Crippen LogP contribution in [0.3, 0.4) is 0 Å². The lowest BCUT2D eigenvalue weighted by Crippen LogP contribution is -2.45. The number of carbonyl (C=O) groups excluding carboxylic acids is 1. The number of benzene rings is 2. The average Bonchev–Trinajstić information content (AvgIpc) is 3.49. The van der Waals surface area contributed by atoms with Gasteiger partial charge in [-0.1, -0.05) is 84.0 Å². The number of hydrogen-bond acceptors (Lipinski definition) is 7. The summed E-state index contributed by atoms with van der Waals surface area (Å²) in [5.74, 6) is 3.89. The Kier molecular flexibility index (Phi) is 21.7. The maximum absolute atomic E-state index is 10.7. The number of para-hydroxylation sites is 2. The molecule has 0 aliphatic carbocycles. The maximum Gasteiger partial charge on any atom is 0.219 e. The smallest absolute Gasteiger partial charge is 0.219 e. The van der Waals surface area contributed by atoms with E-state index in [4.69, 9.17) is 9.47 Å². The number of aromatic nitrogens is 2. The third-order valence-electron chi connectivity index (χ3n) is 5.44. The minimum absolute atomic E-state index is 0.191. The van der Waals surface area contributed by atoms with Crippen molar-refractivity contribution in [1.29, 1.82) is 0 Å². The summed E-state index contributed by atoms with van der Waals surface area (Å²) in [6.07, 6.45) is 0. The molecule has 1 saturated heterocycles. The van der Waals surface area contributed by atoms with E-state index in [9.17, 15) is 4.79 Å². The molecule has 2 N–H and O–H groups in total. The molecule has 230 valence electrons. The molecule has 0 spiro atoms. The molecule has 1 fully saturated rings. The Labute approximate surface area is 253 Å². The second-order valence-corrected chi connectivity index (χ2v) is 9.04. The number of anilines is 1. The van der Waals surface area contributed by atoms with Gasteiger partial charge in [0.1, 0.15) is 5.82 Å². The van der Waals surface area contributed by atoms with E-state index in [0.29, 0.717) is 6.04 Å².